The third kappa shape index (κ3) is 296. The Bertz CT molecular complexity index is 206. The standard InChI is InChI=1S/C6H6.5C3H6/c1-2-4-6-5-3-1;5*1-3-2/h1-6H;5*3H,1H2,2H3. The van der Waals surface area contributed by atoms with E-state index in [-0.39, 0.29) is 0 Å². The van der Waals surface area contributed by atoms with Gasteiger partial charge in [0, 0.05) is 0 Å². The zero-order valence-corrected chi connectivity index (χ0v) is 14.9. The average Bonchev–Trinajstić information content (AvgIpc) is 2.45. The number of rotatable bonds is 0. The van der Waals surface area contributed by atoms with Gasteiger partial charge in [-0.1, -0.05) is 66.8 Å². The third-order valence-electron chi connectivity index (χ3n) is 0.667. The van der Waals surface area contributed by atoms with Gasteiger partial charge in [-0.15, -0.1) is 32.9 Å². The minimum Gasteiger partial charge on any atom is -0.103 e. The van der Waals surface area contributed by atoms with Gasteiger partial charge in [0.25, 0.3) is 0 Å². The molecule has 0 amide bonds. The van der Waals surface area contributed by atoms with Crippen LogP contribution in [0.1, 0.15) is 34.6 Å². The summed E-state index contributed by atoms with van der Waals surface area (Å²) < 4.78 is 0. The van der Waals surface area contributed by atoms with E-state index in [1.54, 1.807) is 30.4 Å². The third-order valence-corrected chi connectivity index (χ3v) is 0.667. The molecule has 0 spiro atoms. The van der Waals surface area contributed by atoms with Crippen molar-refractivity contribution in [3.05, 3.63) is 99.7 Å². The summed E-state index contributed by atoms with van der Waals surface area (Å²) in [5.41, 5.74) is 0. The second-order valence-corrected chi connectivity index (χ2v) is 3.20. The molecule has 0 fully saturated rings. The SMILES string of the molecule is C=CC.C=CC.C=CC.C=CC.C=CC.c1ccccc1. The van der Waals surface area contributed by atoms with E-state index < -0.39 is 0 Å². The van der Waals surface area contributed by atoms with Crippen LogP contribution in [0.15, 0.2) is 99.7 Å². The topological polar surface area (TPSA) is 0 Å². The number of benzene rings is 1. The highest BCUT2D eigenvalue weighted by Crippen LogP contribution is 1.79. The lowest BCUT2D eigenvalue weighted by Crippen LogP contribution is -1.47. The van der Waals surface area contributed by atoms with Crippen LogP contribution in [0.3, 0.4) is 0 Å². The van der Waals surface area contributed by atoms with E-state index in [4.69, 9.17) is 0 Å². The molecule has 0 heterocycles. The maximum atomic E-state index is 3.36. The molecule has 0 aliphatic rings. The second-order valence-electron chi connectivity index (χ2n) is 3.20. The van der Waals surface area contributed by atoms with E-state index in [0.717, 1.165) is 0 Å². The van der Waals surface area contributed by atoms with E-state index in [9.17, 15) is 0 Å². The molecule has 0 unspecified atom stereocenters. The summed E-state index contributed by atoms with van der Waals surface area (Å²) in [7, 11) is 0. The fraction of sp³-hybridized carbons (Fsp3) is 0.238. The van der Waals surface area contributed by atoms with Crippen molar-refractivity contribution in [1.29, 1.82) is 0 Å². The van der Waals surface area contributed by atoms with Crippen molar-refractivity contribution in [1.82, 2.24) is 0 Å². The van der Waals surface area contributed by atoms with E-state index >= 15 is 0 Å². The summed E-state index contributed by atoms with van der Waals surface area (Å²) in [6.07, 6.45) is 8.75. The smallest absolute Gasteiger partial charge is 0.0473 e. The molecule has 0 nitrogen and oxygen atoms in total. The molecule has 120 valence electrons. The van der Waals surface area contributed by atoms with Gasteiger partial charge in [0.15, 0.2) is 0 Å². The van der Waals surface area contributed by atoms with Crippen molar-refractivity contribution in [2.24, 2.45) is 0 Å². The molecule has 0 N–H and O–H groups in total. The lowest BCUT2D eigenvalue weighted by Gasteiger charge is -1.69. The lowest BCUT2D eigenvalue weighted by atomic mass is 10.4. The van der Waals surface area contributed by atoms with E-state index in [0.29, 0.717) is 0 Å². The predicted octanol–water partition coefficient (Wildman–Crippen LogP) is 7.65. The number of hydrogen-bond acceptors (Lipinski definition) is 0. The zero-order chi connectivity index (χ0) is 17.8. The average molecular weight is 289 g/mol. The molecule has 0 aliphatic heterocycles. The largest absolute Gasteiger partial charge is 0.103 e. The van der Waals surface area contributed by atoms with Crippen LogP contribution in [0.2, 0.25) is 0 Å². The summed E-state index contributed by atoms with van der Waals surface area (Å²) in [5, 5.41) is 0. The van der Waals surface area contributed by atoms with Gasteiger partial charge in [0.05, 0.1) is 0 Å². The lowest BCUT2D eigenvalue weighted by molar-refractivity contribution is 1.72. The number of allylic oxidation sites excluding steroid dienone is 5. The van der Waals surface area contributed by atoms with Gasteiger partial charge < -0.3 is 0 Å². The zero-order valence-electron chi connectivity index (χ0n) is 14.9. The van der Waals surface area contributed by atoms with Crippen molar-refractivity contribution in [2.45, 2.75) is 34.6 Å². The Labute approximate surface area is 134 Å². The van der Waals surface area contributed by atoms with Crippen LogP contribution in [0.25, 0.3) is 0 Å². The summed E-state index contributed by atoms with van der Waals surface area (Å²) in [6, 6.07) is 12.0. The molecule has 0 aliphatic carbocycles. The van der Waals surface area contributed by atoms with Crippen LogP contribution < -0.4 is 0 Å². The Morgan fingerprint density at radius 1 is 0.381 bits per heavy atom. The van der Waals surface area contributed by atoms with Gasteiger partial charge in [-0.25, -0.2) is 0 Å². The molecule has 1 aromatic carbocycles. The van der Waals surface area contributed by atoms with Gasteiger partial charge in [-0.05, 0) is 34.6 Å². The Balaban J connectivity index is -0.0000000510. The molecule has 0 bridgehead atoms. The highest BCUT2D eigenvalue weighted by Gasteiger charge is 1.57. The van der Waals surface area contributed by atoms with E-state index in [1.807, 2.05) is 71.0 Å². The van der Waals surface area contributed by atoms with Crippen molar-refractivity contribution in [2.75, 3.05) is 0 Å². The Kier molecular flexibility index (Phi) is 96.3. The van der Waals surface area contributed by atoms with Gasteiger partial charge >= 0.3 is 0 Å². The molecule has 1 rings (SSSR count). The maximum Gasteiger partial charge on any atom is -0.0473 e. The minimum atomic E-state index is 1.75. The Hall–Kier alpha value is -2.08. The molecule has 0 heteroatoms. The summed E-state index contributed by atoms with van der Waals surface area (Å²) in [6.45, 7) is 26.2. The molecular formula is C21H36. The molecule has 0 saturated carbocycles. The first-order valence-corrected chi connectivity index (χ1v) is 6.93. The molecule has 0 saturated heterocycles. The summed E-state index contributed by atoms with van der Waals surface area (Å²) in [5.74, 6) is 0. The number of hydrogen-bond donors (Lipinski definition) is 0. The molecule has 0 radical (unpaired) electrons. The van der Waals surface area contributed by atoms with E-state index in [1.165, 1.54) is 0 Å². The fourth-order valence-electron chi connectivity index (χ4n) is 0.385. The fourth-order valence-corrected chi connectivity index (χ4v) is 0.385. The first-order valence-electron chi connectivity index (χ1n) is 6.93. The van der Waals surface area contributed by atoms with Gasteiger partial charge in [0.1, 0.15) is 0 Å². The Morgan fingerprint density at radius 2 is 0.429 bits per heavy atom. The van der Waals surface area contributed by atoms with Crippen LogP contribution in [-0.2, 0) is 0 Å². The highest BCUT2D eigenvalue weighted by atomic mass is 13.6. The van der Waals surface area contributed by atoms with Crippen LogP contribution in [0.5, 0.6) is 0 Å². The molecular weight excluding hydrogens is 252 g/mol. The monoisotopic (exact) mass is 288 g/mol. The molecule has 0 atom stereocenters. The maximum absolute atomic E-state index is 3.36. The van der Waals surface area contributed by atoms with Gasteiger partial charge in [-0.3, -0.25) is 0 Å². The van der Waals surface area contributed by atoms with Crippen molar-refractivity contribution < 1.29 is 0 Å². The minimum absolute atomic E-state index is 1.75. The quantitative estimate of drug-likeness (QED) is 0.430. The molecule has 21 heavy (non-hydrogen) atoms. The van der Waals surface area contributed by atoms with Crippen molar-refractivity contribution in [3.63, 3.8) is 0 Å². The molecule has 1 aromatic rings. The van der Waals surface area contributed by atoms with E-state index in [2.05, 4.69) is 32.9 Å². The van der Waals surface area contributed by atoms with Crippen LogP contribution >= 0.6 is 0 Å². The van der Waals surface area contributed by atoms with Crippen LogP contribution in [0.4, 0.5) is 0 Å². The predicted molar refractivity (Wildman–Crippen MR) is 106 cm³/mol. The normalized spacial score (nSPS) is 5.38. The Morgan fingerprint density at radius 3 is 0.476 bits per heavy atom. The summed E-state index contributed by atoms with van der Waals surface area (Å²) in [4.78, 5) is 0. The van der Waals surface area contributed by atoms with Crippen LogP contribution in [-0.4, -0.2) is 0 Å². The molecule has 0 aromatic heterocycles. The van der Waals surface area contributed by atoms with Gasteiger partial charge in [-0.2, -0.15) is 0 Å². The van der Waals surface area contributed by atoms with Crippen molar-refractivity contribution >= 4 is 0 Å². The first-order chi connectivity index (χ1) is 10.1. The summed E-state index contributed by atoms with van der Waals surface area (Å²) >= 11 is 0. The van der Waals surface area contributed by atoms with Crippen molar-refractivity contribution in [3.8, 4) is 0 Å². The highest BCUT2D eigenvalue weighted by molar-refractivity contribution is 4.99. The second kappa shape index (κ2) is 64.5. The van der Waals surface area contributed by atoms with Crippen LogP contribution in [0, 0.1) is 0 Å². The first kappa shape index (κ1) is 31.4. The van der Waals surface area contributed by atoms with Gasteiger partial charge in [0.2, 0.25) is 0 Å².